The Morgan fingerprint density at radius 3 is 0.986 bits per heavy atom. The average Bonchev–Trinajstić information content (AvgIpc) is 3.39. The third-order valence-electron chi connectivity index (χ3n) is 12.8. The van der Waals surface area contributed by atoms with E-state index in [-0.39, 0.29) is 31.6 Å². The van der Waals surface area contributed by atoms with Crippen LogP contribution >= 0.6 is 0 Å². The number of esters is 3. The molecule has 0 aromatic carbocycles. The zero-order valence-corrected chi connectivity index (χ0v) is 47.6. The summed E-state index contributed by atoms with van der Waals surface area (Å²) >= 11 is 0. The molecule has 0 aromatic heterocycles. The highest BCUT2D eigenvalue weighted by atomic mass is 16.6. The fraction of sp³-hybridized carbons (Fsp3) is 0.687. The van der Waals surface area contributed by atoms with Crippen LogP contribution in [0.1, 0.15) is 278 Å². The van der Waals surface area contributed by atoms with Gasteiger partial charge in [-0.2, -0.15) is 0 Å². The van der Waals surface area contributed by atoms with E-state index in [0.717, 1.165) is 83.5 Å². The molecule has 0 aliphatic heterocycles. The lowest BCUT2D eigenvalue weighted by Crippen LogP contribution is -2.30. The van der Waals surface area contributed by atoms with Gasteiger partial charge in [0.1, 0.15) is 13.2 Å². The van der Waals surface area contributed by atoms with E-state index in [1.165, 1.54) is 154 Å². The number of unbranched alkanes of at least 4 members (excludes halogenated alkanes) is 26. The van der Waals surface area contributed by atoms with Gasteiger partial charge in [-0.15, -0.1) is 0 Å². The topological polar surface area (TPSA) is 78.9 Å². The van der Waals surface area contributed by atoms with Crippen LogP contribution in [0.15, 0.2) is 109 Å². The van der Waals surface area contributed by atoms with Crippen LogP contribution in [0.5, 0.6) is 0 Å². The third kappa shape index (κ3) is 58.8. The van der Waals surface area contributed by atoms with Gasteiger partial charge in [-0.1, -0.05) is 259 Å². The van der Waals surface area contributed by atoms with Gasteiger partial charge in [0.05, 0.1) is 6.42 Å². The smallest absolute Gasteiger partial charge is 0.309 e. The van der Waals surface area contributed by atoms with Crippen molar-refractivity contribution < 1.29 is 28.6 Å². The van der Waals surface area contributed by atoms with Gasteiger partial charge in [-0.25, -0.2) is 0 Å². The maximum atomic E-state index is 12.9. The number of ether oxygens (including phenoxy) is 3. The van der Waals surface area contributed by atoms with E-state index in [9.17, 15) is 14.4 Å². The van der Waals surface area contributed by atoms with Crippen molar-refractivity contribution in [2.45, 2.75) is 284 Å². The summed E-state index contributed by atoms with van der Waals surface area (Å²) in [6.07, 6.45) is 82.5. The molecule has 0 aliphatic carbocycles. The van der Waals surface area contributed by atoms with Gasteiger partial charge >= 0.3 is 17.9 Å². The molecule has 0 heterocycles. The van der Waals surface area contributed by atoms with E-state index in [2.05, 4.69) is 118 Å². The van der Waals surface area contributed by atoms with E-state index < -0.39 is 12.1 Å². The van der Waals surface area contributed by atoms with Crippen molar-refractivity contribution in [2.24, 2.45) is 0 Å². The van der Waals surface area contributed by atoms with Gasteiger partial charge in [0.25, 0.3) is 0 Å². The van der Waals surface area contributed by atoms with Crippen LogP contribution < -0.4 is 0 Å². The Morgan fingerprint density at radius 2 is 0.589 bits per heavy atom. The van der Waals surface area contributed by atoms with Crippen LogP contribution in [-0.4, -0.2) is 37.2 Å². The first-order valence-electron chi connectivity index (χ1n) is 30.4. The van der Waals surface area contributed by atoms with Crippen molar-refractivity contribution in [1.82, 2.24) is 0 Å². The van der Waals surface area contributed by atoms with Gasteiger partial charge in [-0.05, 0) is 109 Å². The zero-order chi connectivity index (χ0) is 52.9. The van der Waals surface area contributed by atoms with E-state index in [1.54, 1.807) is 6.08 Å². The number of hydrogen-bond donors (Lipinski definition) is 0. The second-order valence-electron chi connectivity index (χ2n) is 19.9. The van der Waals surface area contributed by atoms with Crippen molar-refractivity contribution in [3.63, 3.8) is 0 Å². The molecule has 0 fully saturated rings. The normalized spacial score (nSPS) is 12.9. The fourth-order valence-corrected chi connectivity index (χ4v) is 8.22. The molecule has 0 saturated carbocycles. The highest BCUT2D eigenvalue weighted by molar-refractivity contribution is 5.72. The number of carbonyl (C=O) groups is 3. The van der Waals surface area contributed by atoms with Crippen LogP contribution in [0.4, 0.5) is 0 Å². The van der Waals surface area contributed by atoms with Crippen LogP contribution in [0.3, 0.4) is 0 Å². The molecule has 0 aliphatic rings. The van der Waals surface area contributed by atoms with Crippen molar-refractivity contribution in [2.75, 3.05) is 13.2 Å². The molecule has 73 heavy (non-hydrogen) atoms. The third-order valence-corrected chi connectivity index (χ3v) is 12.8. The summed E-state index contributed by atoms with van der Waals surface area (Å²) in [4.78, 5) is 38.2. The van der Waals surface area contributed by atoms with Gasteiger partial charge in [0, 0.05) is 12.8 Å². The van der Waals surface area contributed by atoms with Crippen molar-refractivity contribution in [3.05, 3.63) is 109 Å². The first kappa shape index (κ1) is 69.1. The maximum Gasteiger partial charge on any atom is 0.309 e. The number of rotatable bonds is 54. The minimum atomic E-state index is -0.825. The fourth-order valence-electron chi connectivity index (χ4n) is 8.22. The number of hydrogen-bond acceptors (Lipinski definition) is 6. The van der Waals surface area contributed by atoms with Crippen LogP contribution in [-0.2, 0) is 28.6 Å². The summed E-state index contributed by atoms with van der Waals surface area (Å²) in [5, 5.41) is 0. The molecule has 1 atom stereocenters. The highest BCUT2D eigenvalue weighted by Crippen LogP contribution is 2.15. The largest absolute Gasteiger partial charge is 0.462 e. The monoisotopic (exact) mass is 1010 g/mol. The molecule has 1 unspecified atom stereocenters. The Labute approximate surface area is 450 Å². The summed E-state index contributed by atoms with van der Waals surface area (Å²) < 4.78 is 16.8. The summed E-state index contributed by atoms with van der Waals surface area (Å²) in [6, 6.07) is 0. The molecule has 0 spiro atoms. The van der Waals surface area contributed by atoms with Gasteiger partial charge in [0.15, 0.2) is 6.10 Å². The second-order valence-corrected chi connectivity index (χ2v) is 19.9. The van der Waals surface area contributed by atoms with Gasteiger partial charge in [0.2, 0.25) is 0 Å². The lowest BCUT2D eigenvalue weighted by Gasteiger charge is -2.18. The zero-order valence-electron chi connectivity index (χ0n) is 47.6. The molecular formula is C67H112O6. The van der Waals surface area contributed by atoms with Crippen molar-refractivity contribution in [3.8, 4) is 0 Å². The molecule has 6 heteroatoms. The van der Waals surface area contributed by atoms with Crippen LogP contribution in [0, 0.1) is 0 Å². The van der Waals surface area contributed by atoms with E-state index in [1.807, 2.05) is 6.08 Å². The molecule has 0 aromatic rings. The Hall–Kier alpha value is -3.93. The molecule has 0 N–H and O–H groups in total. The van der Waals surface area contributed by atoms with Gasteiger partial charge < -0.3 is 14.2 Å². The SMILES string of the molecule is CC/C=C\C/C=C\C/C=C\C/C=C\C/C=C\CC(=O)OCC(COC(=O)CCCCCCCCCCC/C=C\C/C=C\CCCCCCC)OC(=O)CCCCCCCCCCC/C=C\C/C=C\CCCCC. The maximum absolute atomic E-state index is 12.9. The van der Waals surface area contributed by atoms with Gasteiger partial charge in [-0.3, -0.25) is 14.4 Å². The molecule has 0 rings (SSSR count). The Morgan fingerprint density at radius 1 is 0.301 bits per heavy atom. The second kappa shape index (κ2) is 60.6. The number of allylic oxidation sites excluding steroid dienone is 17. The minimum absolute atomic E-state index is 0.113. The molecule has 0 bridgehead atoms. The molecule has 0 radical (unpaired) electrons. The molecule has 416 valence electrons. The Bertz CT molecular complexity index is 1490. The predicted molar refractivity (Wildman–Crippen MR) is 316 cm³/mol. The summed E-state index contributed by atoms with van der Waals surface area (Å²) in [7, 11) is 0. The Kier molecular flexibility index (Phi) is 57.4. The van der Waals surface area contributed by atoms with Crippen molar-refractivity contribution in [1.29, 1.82) is 0 Å². The summed E-state index contributed by atoms with van der Waals surface area (Å²) in [5.74, 6) is -1.05. The van der Waals surface area contributed by atoms with Crippen LogP contribution in [0.25, 0.3) is 0 Å². The average molecular weight is 1010 g/mol. The summed E-state index contributed by atoms with van der Waals surface area (Å²) in [6.45, 7) is 6.41. The first-order valence-corrected chi connectivity index (χ1v) is 30.4. The highest BCUT2D eigenvalue weighted by Gasteiger charge is 2.19. The standard InChI is InChI=1S/C67H112O6/c1-4-7-10-13-16-19-22-25-28-30-32-33-35-36-39-42-45-48-51-54-57-60-66(69)72-63-64(62-71-65(68)59-56-53-50-47-44-41-38-27-24-21-18-15-12-9-6-3)73-67(70)61-58-55-52-49-46-43-40-37-34-31-29-26-23-20-17-14-11-8-5-2/h9,12,17-18,20-22,25-27,29-30,32,38,44,47,53,56,64H,4-8,10-11,13-16,19,23-24,28,31,33-37,39-43,45-46,48-52,54-55,57-63H2,1-3H3/b12-9-,20-17-,21-18-,25-22-,29-26-,32-30-,38-27-,47-44-,56-53-. The minimum Gasteiger partial charge on any atom is -0.462 e. The molecule has 0 saturated heterocycles. The summed E-state index contributed by atoms with van der Waals surface area (Å²) in [5.41, 5.74) is 0. The quantitative estimate of drug-likeness (QED) is 0.0261. The molecular weight excluding hydrogens is 901 g/mol. The Balaban J connectivity index is 4.47. The first-order chi connectivity index (χ1) is 36.0. The van der Waals surface area contributed by atoms with Crippen molar-refractivity contribution >= 4 is 17.9 Å². The van der Waals surface area contributed by atoms with Crippen LogP contribution in [0.2, 0.25) is 0 Å². The lowest BCUT2D eigenvalue weighted by atomic mass is 10.1. The predicted octanol–water partition coefficient (Wildman–Crippen LogP) is 20.7. The van der Waals surface area contributed by atoms with E-state index in [0.29, 0.717) is 12.8 Å². The molecule has 6 nitrogen and oxygen atoms in total. The van der Waals surface area contributed by atoms with E-state index in [4.69, 9.17) is 14.2 Å². The number of carbonyl (C=O) groups excluding carboxylic acids is 3. The lowest BCUT2D eigenvalue weighted by molar-refractivity contribution is -0.166. The molecule has 0 amide bonds. The van der Waals surface area contributed by atoms with E-state index >= 15 is 0 Å².